The fourth-order valence-corrected chi connectivity index (χ4v) is 5.22. The largest absolute Gasteiger partial charge is 0.497 e. The third kappa shape index (κ3) is 3.99. The molecule has 1 aromatic carbocycles. The van der Waals surface area contributed by atoms with E-state index < -0.39 is 0 Å². The van der Waals surface area contributed by atoms with Gasteiger partial charge in [0.15, 0.2) is 5.82 Å². The SMILES string of the molecule is CCC(C)(C)[C@@H]1CCc2sc3ncnc(N/N=C\c4cccc(OC)c4)c3c2C1. The average molecular weight is 409 g/mol. The van der Waals surface area contributed by atoms with Gasteiger partial charge in [0.25, 0.3) is 0 Å². The van der Waals surface area contributed by atoms with Gasteiger partial charge in [-0.15, -0.1) is 11.3 Å². The molecule has 0 bridgehead atoms. The van der Waals surface area contributed by atoms with Gasteiger partial charge < -0.3 is 4.74 Å². The number of methoxy groups -OCH3 is 1. The second-order valence-electron chi connectivity index (χ2n) is 8.33. The maximum absolute atomic E-state index is 5.27. The molecule has 1 N–H and O–H groups in total. The number of hydrogen-bond acceptors (Lipinski definition) is 6. The van der Waals surface area contributed by atoms with Crippen LogP contribution in [0.25, 0.3) is 10.2 Å². The van der Waals surface area contributed by atoms with Crippen molar-refractivity contribution in [2.45, 2.75) is 46.5 Å². The zero-order valence-corrected chi connectivity index (χ0v) is 18.3. The molecule has 0 fully saturated rings. The minimum Gasteiger partial charge on any atom is -0.497 e. The number of nitrogens with zero attached hydrogens (tertiary/aromatic N) is 3. The van der Waals surface area contributed by atoms with Crippen molar-refractivity contribution in [1.29, 1.82) is 0 Å². The number of benzene rings is 1. The van der Waals surface area contributed by atoms with E-state index in [0.717, 1.165) is 40.2 Å². The fourth-order valence-electron chi connectivity index (χ4n) is 4.04. The van der Waals surface area contributed by atoms with E-state index in [0.29, 0.717) is 11.3 Å². The summed E-state index contributed by atoms with van der Waals surface area (Å²) in [5.41, 5.74) is 5.90. The van der Waals surface area contributed by atoms with E-state index in [1.54, 1.807) is 19.7 Å². The summed E-state index contributed by atoms with van der Waals surface area (Å²) in [6.45, 7) is 7.08. The number of fused-ring (bicyclic) bond motifs is 3. The van der Waals surface area contributed by atoms with E-state index in [1.807, 2.05) is 35.6 Å². The summed E-state index contributed by atoms with van der Waals surface area (Å²) in [6, 6.07) is 7.82. The van der Waals surface area contributed by atoms with Crippen molar-refractivity contribution in [1.82, 2.24) is 9.97 Å². The topological polar surface area (TPSA) is 59.4 Å². The Morgan fingerprint density at radius 1 is 1.34 bits per heavy atom. The van der Waals surface area contributed by atoms with Gasteiger partial charge >= 0.3 is 0 Å². The van der Waals surface area contributed by atoms with Gasteiger partial charge in [0.2, 0.25) is 0 Å². The molecule has 2 heterocycles. The van der Waals surface area contributed by atoms with Crippen LogP contribution in [-0.2, 0) is 12.8 Å². The van der Waals surface area contributed by atoms with Gasteiger partial charge in [-0.05, 0) is 53.9 Å². The Morgan fingerprint density at radius 3 is 3.00 bits per heavy atom. The van der Waals surface area contributed by atoms with E-state index in [2.05, 4.69) is 41.3 Å². The molecule has 0 aliphatic heterocycles. The van der Waals surface area contributed by atoms with Crippen molar-refractivity contribution in [3.8, 4) is 5.75 Å². The molecule has 2 aromatic heterocycles. The van der Waals surface area contributed by atoms with E-state index in [1.165, 1.54) is 23.3 Å². The lowest BCUT2D eigenvalue weighted by Gasteiger charge is -2.36. The van der Waals surface area contributed by atoms with Crippen molar-refractivity contribution in [3.05, 3.63) is 46.6 Å². The Morgan fingerprint density at radius 2 is 2.21 bits per heavy atom. The molecule has 1 aliphatic rings. The number of hydrogen-bond donors (Lipinski definition) is 1. The van der Waals surface area contributed by atoms with Crippen molar-refractivity contribution >= 4 is 33.6 Å². The summed E-state index contributed by atoms with van der Waals surface area (Å²) in [7, 11) is 1.67. The van der Waals surface area contributed by atoms with Crippen LogP contribution in [0.5, 0.6) is 5.75 Å². The quantitative estimate of drug-likeness (QED) is 0.421. The Kier molecular flexibility index (Phi) is 5.54. The Bertz CT molecular complexity index is 1040. The predicted molar refractivity (Wildman–Crippen MR) is 121 cm³/mol. The molecular weight excluding hydrogens is 380 g/mol. The van der Waals surface area contributed by atoms with E-state index >= 15 is 0 Å². The lowest BCUT2D eigenvalue weighted by Crippen LogP contribution is -2.28. The zero-order chi connectivity index (χ0) is 20.4. The lowest BCUT2D eigenvalue weighted by atomic mass is 9.69. The van der Waals surface area contributed by atoms with Gasteiger partial charge in [-0.3, -0.25) is 5.43 Å². The first kappa shape index (κ1) is 19.8. The van der Waals surface area contributed by atoms with Gasteiger partial charge in [-0.25, -0.2) is 9.97 Å². The Hall–Kier alpha value is -2.47. The number of rotatable bonds is 6. The van der Waals surface area contributed by atoms with Crippen LogP contribution in [0.3, 0.4) is 0 Å². The number of aromatic nitrogens is 2. The molecule has 0 saturated heterocycles. The second kappa shape index (κ2) is 8.11. The summed E-state index contributed by atoms with van der Waals surface area (Å²) in [5, 5.41) is 5.58. The highest BCUT2D eigenvalue weighted by Gasteiger charge is 2.33. The molecule has 1 aliphatic carbocycles. The van der Waals surface area contributed by atoms with Crippen molar-refractivity contribution < 1.29 is 4.74 Å². The molecule has 1 atom stereocenters. The number of thiophene rings is 1. The molecule has 4 rings (SSSR count). The third-order valence-electron chi connectivity index (χ3n) is 6.34. The summed E-state index contributed by atoms with van der Waals surface area (Å²) in [6.07, 6.45) is 8.10. The molecule has 152 valence electrons. The van der Waals surface area contributed by atoms with Gasteiger partial charge in [0, 0.05) is 4.88 Å². The minimum absolute atomic E-state index is 0.347. The van der Waals surface area contributed by atoms with Crippen LogP contribution in [0.1, 0.15) is 49.6 Å². The molecule has 0 amide bonds. The van der Waals surface area contributed by atoms with Crippen LogP contribution in [0.2, 0.25) is 0 Å². The smallest absolute Gasteiger partial charge is 0.158 e. The molecule has 29 heavy (non-hydrogen) atoms. The standard InChI is InChI=1S/C23H28N4OS/c1-5-23(2,3)16-9-10-19-18(12-16)20-21(24-14-25-22(20)29-19)27-26-13-15-7-6-8-17(11-15)28-4/h6-8,11,13-14,16H,5,9-10,12H2,1-4H3,(H,24,25,27)/b26-13-/t16-/m1/s1. The van der Waals surface area contributed by atoms with Gasteiger partial charge in [-0.1, -0.05) is 39.3 Å². The van der Waals surface area contributed by atoms with Crippen molar-refractivity contribution in [2.75, 3.05) is 12.5 Å². The van der Waals surface area contributed by atoms with Crippen LogP contribution in [-0.4, -0.2) is 23.3 Å². The maximum Gasteiger partial charge on any atom is 0.158 e. The summed E-state index contributed by atoms with van der Waals surface area (Å²) in [4.78, 5) is 11.6. The van der Waals surface area contributed by atoms with E-state index in [9.17, 15) is 0 Å². The molecule has 0 saturated carbocycles. The first-order chi connectivity index (χ1) is 14.0. The molecule has 0 radical (unpaired) electrons. The van der Waals surface area contributed by atoms with E-state index in [4.69, 9.17) is 4.74 Å². The molecule has 5 nitrogen and oxygen atoms in total. The minimum atomic E-state index is 0.347. The monoisotopic (exact) mass is 408 g/mol. The summed E-state index contributed by atoms with van der Waals surface area (Å²) < 4.78 is 5.27. The Balaban J connectivity index is 1.62. The van der Waals surface area contributed by atoms with Crippen LogP contribution in [0.4, 0.5) is 5.82 Å². The number of anilines is 1. The Labute approximate surface area is 176 Å². The summed E-state index contributed by atoms with van der Waals surface area (Å²) >= 11 is 1.81. The van der Waals surface area contributed by atoms with Crippen molar-refractivity contribution in [2.24, 2.45) is 16.4 Å². The van der Waals surface area contributed by atoms with Crippen LogP contribution >= 0.6 is 11.3 Å². The number of ether oxygens (including phenoxy) is 1. The number of hydrazone groups is 1. The average Bonchev–Trinajstić information content (AvgIpc) is 3.12. The lowest BCUT2D eigenvalue weighted by molar-refractivity contribution is 0.184. The number of nitrogens with one attached hydrogen (secondary N) is 1. The highest BCUT2D eigenvalue weighted by molar-refractivity contribution is 7.19. The van der Waals surface area contributed by atoms with Crippen LogP contribution < -0.4 is 10.2 Å². The van der Waals surface area contributed by atoms with Gasteiger partial charge in [0.1, 0.15) is 16.9 Å². The van der Waals surface area contributed by atoms with E-state index in [-0.39, 0.29) is 0 Å². The van der Waals surface area contributed by atoms with Crippen LogP contribution in [0, 0.1) is 11.3 Å². The molecule has 0 spiro atoms. The highest BCUT2D eigenvalue weighted by atomic mass is 32.1. The molecule has 3 aromatic rings. The molecule has 6 heteroatoms. The second-order valence-corrected chi connectivity index (χ2v) is 9.42. The fraction of sp³-hybridized carbons (Fsp3) is 0.435. The zero-order valence-electron chi connectivity index (χ0n) is 17.5. The van der Waals surface area contributed by atoms with Gasteiger partial charge in [0.05, 0.1) is 18.7 Å². The highest BCUT2D eigenvalue weighted by Crippen LogP contribution is 2.45. The molecular formula is C23H28N4OS. The summed E-state index contributed by atoms with van der Waals surface area (Å²) in [5.74, 6) is 2.29. The van der Waals surface area contributed by atoms with Crippen LogP contribution in [0.15, 0.2) is 35.7 Å². The normalized spacial score (nSPS) is 16.9. The predicted octanol–water partition coefficient (Wildman–Crippen LogP) is 5.69. The third-order valence-corrected chi connectivity index (χ3v) is 7.54. The van der Waals surface area contributed by atoms with Crippen molar-refractivity contribution in [3.63, 3.8) is 0 Å². The van der Waals surface area contributed by atoms with Gasteiger partial charge in [-0.2, -0.15) is 5.10 Å². The maximum atomic E-state index is 5.27. The first-order valence-corrected chi connectivity index (χ1v) is 11.0. The number of aryl methyl sites for hydroxylation is 1. The first-order valence-electron chi connectivity index (χ1n) is 10.2. The molecule has 0 unspecified atom stereocenters.